The zero-order valence-corrected chi connectivity index (χ0v) is 18.9. The van der Waals surface area contributed by atoms with E-state index in [9.17, 15) is 0 Å². The van der Waals surface area contributed by atoms with Gasteiger partial charge in [0, 0.05) is 17.8 Å². The van der Waals surface area contributed by atoms with E-state index >= 15 is 0 Å². The first-order valence-electron chi connectivity index (χ1n) is 11.0. The van der Waals surface area contributed by atoms with Crippen molar-refractivity contribution in [2.45, 2.75) is 13.0 Å². The lowest BCUT2D eigenvalue weighted by Gasteiger charge is -2.17. The normalized spacial score (nSPS) is 18.1. The molecule has 1 aliphatic carbocycles. The number of nitrogens with zero attached hydrogens (tertiary/aromatic N) is 2. The molecule has 2 N–H and O–H groups in total. The highest BCUT2D eigenvalue weighted by Gasteiger charge is 2.09. The van der Waals surface area contributed by atoms with Gasteiger partial charge in [-0.3, -0.25) is 4.98 Å². The van der Waals surface area contributed by atoms with Gasteiger partial charge in [0.1, 0.15) is 11.6 Å². The Bertz CT molecular complexity index is 1210. The molecular formula is C28H28N4O. The first-order valence-corrected chi connectivity index (χ1v) is 11.0. The molecule has 0 saturated heterocycles. The van der Waals surface area contributed by atoms with Crippen LogP contribution in [0.4, 0.5) is 11.5 Å². The summed E-state index contributed by atoms with van der Waals surface area (Å²) in [6, 6.07) is 16.3. The largest absolute Gasteiger partial charge is 0.497 e. The van der Waals surface area contributed by atoms with E-state index in [0.29, 0.717) is 0 Å². The molecule has 5 heteroatoms. The van der Waals surface area contributed by atoms with E-state index in [1.165, 1.54) is 11.1 Å². The van der Waals surface area contributed by atoms with Crippen LogP contribution in [0.25, 0.3) is 11.3 Å². The molecule has 1 atom stereocenters. The zero-order valence-electron chi connectivity index (χ0n) is 18.9. The van der Waals surface area contributed by atoms with E-state index in [1.54, 1.807) is 19.5 Å². The molecule has 5 nitrogen and oxygen atoms in total. The van der Waals surface area contributed by atoms with Crippen molar-refractivity contribution >= 4 is 11.5 Å². The van der Waals surface area contributed by atoms with Crippen LogP contribution < -0.4 is 15.4 Å². The first-order chi connectivity index (χ1) is 16.2. The van der Waals surface area contributed by atoms with Crippen LogP contribution in [0.15, 0.2) is 109 Å². The molecule has 1 aliphatic rings. The summed E-state index contributed by atoms with van der Waals surface area (Å²) in [5.41, 5.74) is 5.22. The van der Waals surface area contributed by atoms with Crippen LogP contribution in [-0.2, 0) is 0 Å². The number of hydrogen-bond donors (Lipinski definition) is 2. The Hall–Kier alpha value is -4.12. The highest BCUT2D eigenvalue weighted by atomic mass is 16.5. The second kappa shape index (κ2) is 11.0. The van der Waals surface area contributed by atoms with Crippen molar-refractivity contribution in [3.05, 3.63) is 115 Å². The van der Waals surface area contributed by atoms with E-state index in [4.69, 9.17) is 9.72 Å². The van der Waals surface area contributed by atoms with Gasteiger partial charge in [-0.25, -0.2) is 4.98 Å². The molecule has 2 aromatic carbocycles. The smallest absolute Gasteiger partial charge is 0.145 e. The van der Waals surface area contributed by atoms with Gasteiger partial charge >= 0.3 is 0 Å². The van der Waals surface area contributed by atoms with Gasteiger partial charge in [0.15, 0.2) is 0 Å². The Kier molecular flexibility index (Phi) is 7.33. The fraction of sp³-hybridized carbons (Fsp3) is 0.143. The molecule has 0 spiro atoms. The molecule has 1 aromatic heterocycles. The highest BCUT2D eigenvalue weighted by molar-refractivity contribution is 5.62. The molecule has 0 unspecified atom stereocenters. The Morgan fingerprint density at radius 3 is 2.70 bits per heavy atom. The van der Waals surface area contributed by atoms with Crippen LogP contribution in [0.1, 0.15) is 18.5 Å². The maximum atomic E-state index is 5.33. The molecular weight excluding hydrogens is 408 g/mol. The van der Waals surface area contributed by atoms with Crippen LogP contribution >= 0.6 is 0 Å². The van der Waals surface area contributed by atoms with Gasteiger partial charge in [-0.05, 0) is 42.3 Å². The van der Waals surface area contributed by atoms with E-state index in [1.807, 2.05) is 42.5 Å². The van der Waals surface area contributed by atoms with Crippen LogP contribution in [0.3, 0.4) is 0 Å². The fourth-order valence-electron chi connectivity index (χ4n) is 3.51. The predicted molar refractivity (Wildman–Crippen MR) is 136 cm³/mol. The summed E-state index contributed by atoms with van der Waals surface area (Å²) < 4.78 is 5.33. The molecule has 0 saturated carbocycles. The number of rotatable bonds is 8. The predicted octanol–water partition coefficient (Wildman–Crippen LogP) is 6.35. The van der Waals surface area contributed by atoms with Gasteiger partial charge < -0.3 is 15.4 Å². The van der Waals surface area contributed by atoms with Gasteiger partial charge in [0.2, 0.25) is 0 Å². The number of aromatic nitrogens is 2. The Morgan fingerprint density at radius 2 is 1.79 bits per heavy atom. The van der Waals surface area contributed by atoms with Crippen molar-refractivity contribution < 1.29 is 4.74 Å². The first kappa shape index (κ1) is 22.1. The van der Waals surface area contributed by atoms with Crippen molar-refractivity contribution in [2.24, 2.45) is 0 Å². The maximum Gasteiger partial charge on any atom is 0.145 e. The third-order valence-corrected chi connectivity index (χ3v) is 5.31. The van der Waals surface area contributed by atoms with E-state index in [-0.39, 0.29) is 6.04 Å². The Labute approximate surface area is 195 Å². The average Bonchev–Trinajstić information content (AvgIpc) is 2.84. The molecule has 1 heterocycles. The minimum absolute atomic E-state index is 0.0650. The lowest BCUT2D eigenvalue weighted by molar-refractivity contribution is 0.415. The third kappa shape index (κ3) is 6.20. The number of hydrogen-bond acceptors (Lipinski definition) is 5. The number of benzene rings is 2. The molecule has 4 rings (SSSR count). The second-order valence-electron chi connectivity index (χ2n) is 7.74. The molecule has 0 amide bonds. The van der Waals surface area contributed by atoms with Gasteiger partial charge in [-0.1, -0.05) is 66.8 Å². The molecule has 0 radical (unpaired) electrons. The van der Waals surface area contributed by atoms with Crippen molar-refractivity contribution in [3.8, 4) is 17.0 Å². The summed E-state index contributed by atoms with van der Waals surface area (Å²) in [4.78, 5) is 9.12. The average molecular weight is 437 g/mol. The number of anilines is 2. The van der Waals surface area contributed by atoms with Crippen molar-refractivity contribution in [1.82, 2.24) is 9.97 Å². The van der Waals surface area contributed by atoms with E-state index in [2.05, 4.69) is 71.1 Å². The minimum atomic E-state index is 0.0650. The number of ether oxygens (including phenoxy) is 1. The maximum absolute atomic E-state index is 5.33. The van der Waals surface area contributed by atoms with Crippen molar-refractivity contribution in [3.63, 3.8) is 0 Å². The summed E-state index contributed by atoms with van der Waals surface area (Å²) in [6.45, 7) is 2.88. The summed E-state index contributed by atoms with van der Waals surface area (Å²) in [5.74, 6) is 1.52. The summed E-state index contributed by atoms with van der Waals surface area (Å²) in [7, 11) is 1.66. The third-order valence-electron chi connectivity index (χ3n) is 5.31. The summed E-state index contributed by atoms with van der Waals surface area (Å²) >= 11 is 0. The minimum Gasteiger partial charge on any atom is -0.497 e. The quantitative estimate of drug-likeness (QED) is 0.431. The van der Waals surface area contributed by atoms with Crippen LogP contribution in [0.5, 0.6) is 5.75 Å². The van der Waals surface area contributed by atoms with E-state index in [0.717, 1.165) is 35.1 Å². The topological polar surface area (TPSA) is 59.1 Å². The Balaban J connectivity index is 1.43. The number of methoxy groups -OCH3 is 1. The van der Waals surface area contributed by atoms with Gasteiger partial charge in [0.25, 0.3) is 0 Å². The molecule has 33 heavy (non-hydrogen) atoms. The Morgan fingerprint density at radius 1 is 0.939 bits per heavy atom. The molecule has 0 aliphatic heterocycles. The van der Waals surface area contributed by atoms with Crippen LogP contribution in [0.2, 0.25) is 0 Å². The SMILES string of the molecule is COc1cccc(-c2cncc(N[C@@H](C)c3cccc(NCC4=C/C=C/C=C/C=C\4)c3)n2)c1. The van der Waals surface area contributed by atoms with Crippen molar-refractivity contribution in [1.29, 1.82) is 0 Å². The lowest BCUT2D eigenvalue weighted by Crippen LogP contribution is -2.10. The van der Waals surface area contributed by atoms with Crippen LogP contribution in [-0.4, -0.2) is 23.6 Å². The van der Waals surface area contributed by atoms with Gasteiger partial charge in [0.05, 0.1) is 31.2 Å². The number of allylic oxidation sites excluding steroid dienone is 6. The van der Waals surface area contributed by atoms with E-state index < -0.39 is 0 Å². The van der Waals surface area contributed by atoms with Crippen molar-refractivity contribution in [2.75, 3.05) is 24.3 Å². The molecule has 166 valence electrons. The summed E-state index contributed by atoms with van der Waals surface area (Å²) in [6.07, 6.45) is 17.9. The standard InChI is InChI=1S/C28H28N4O/c1-21(31-28-20-29-19-27(32-28)24-13-9-15-26(17-24)33-2)23-12-8-14-25(16-23)30-18-22-10-6-4-3-5-7-11-22/h3-17,19-21,30H,18H2,1-2H3,(H,31,32)/b4-3+,5-3?,6-4?,7-5+,10-6-,11-7?,22-10?,22-11+/t21-/m0/s1. The van der Waals surface area contributed by atoms with Gasteiger partial charge in [-0.2, -0.15) is 0 Å². The zero-order chi connectivity index (χ0) is 22.9. The molecule has 0 bridgehead atoms. The fourth-order valence-corrected chi connectivity index (χ4v) is 3.51. The molecule has 0 fully saturated rings. The summed E-state index contributed by atoms with van der Waals surface area (Å²) in [5, 5.41) is 6.99. The monoisotopic (exact) mass is 436 g/mol. The molecule has 3 aromatic rings. The lowest BCUT2D eigenvalue weighted by atomic mass is 10.1. The number of nitrogens with one attached hydrogen (secondary N) is 2. The van der Waals surface area contributed by atoms with Crippen LogP contribution in [0, 0.1) is 0 Å². The highest BCUT2D eigenvalue weighted by Crippen LogP contribution is 2.25. The van der Waals surface area contributed by atoms with Gasteiger partial charge in [-0.15, -0.1) is 0 Å². The second-order valence-corrected chi connectivity index (χ2v) is 7.74.